The van der Waals surface area contributed by atoms with Crippen molar-refractivity contribution in [3.63, 3.8) is 0 Å². The summed E-state index contributed by atoms with van der Waals surface area (Å²) in [5.41, 5.74) is 3.30. The third-order valence-electron chi connectivity index (χ3n) is 4.84. The standard InChI is InChI=1S/C26H16Br2ClNO/c27-24-12-17(11-21(15-30)19-7-4-9-22(29)14-19)13-25(28)26(24)31-16-20-8-3-6-18-5-1-2-10-23(18)20/h1-14H,16H2/b21-11-. The number of rotatable bonds is 5. The molecule has 0 aromatic heterocycles. The minimum atomic E-state index is 0.444. The molecule has 152 valence electrons. The fourth-order valence-electron chi connectivity index (χ4n) is 3.37. The Morgan fingerprint density at radius 3 is 2.39 bits per heavy atom. The van der Waals surface area contributed by atoms with E-state index in [0.29, 0.717) is 23.0 Å². The van der Waals surface area contributed by atoms with Gasteiger partial charge in [-0.15, -0.1) is 0 Å². The molecule has 2 nitrogen and oxygen atoms in total. The monoisotopic (exact) mass is 551 g/mol. The van der Waals surface area contributed by atoms with Crippen molar-refractivity contribution >= 4 is 65.9 Å². The topological polar surface area (TPSA) is 33.0 Å². The van der Waals surface area contributed by atoms with Crippen LogP contribution in [0.15, 0.2) is 87.8 Å². The Morgan fingerprint density at radius 2 is 1.65 bits per heavy atom. The van der Waals surface area contributed by atoms with Gasteiger partial charge >= 0.3 is 0 Å². The molecule has 0 saturated carbocycles. The van der Waals surface area contributed by atoms with Gasteiger partial charge in [-0.3, -0.25) is 0 Å². The zero-order valence-corrected chi connectivity index (χ0v) is 20.2. The summed E-state index contributed by atoms with van der Waals surface area (Å²) in [5.74, 6) is 0.714. The van der Waals surface area contributed by atoms with Crippen molar-refractivity contribution in [2.24, 2.45) is 0 Å². The molecule has 0 fully saturated rings. The fraction of sp³-hybridized carbons (Fsp3) is 0.0385. The van der Waals surface area contributed by atoms with Crippen molar-refractivity contribution in [2.45, 2.75) is 6.61 Å². The Balaban J connectivity index is 1.61. The van der Waals surface area contributed by atoms with E-state index in [1.165, 1.54) is 10.8 Å². The van der Waals surface area contributed by atoms with E-state index < -0.39 is 0 Å². The van der Waals surface area contributed by atoms with Crippen LogP contribution in [0.1, 0.15) is 16.7 Å². The molecular weight excluding hydrogens is 538 g/mol. The van der Waals surface area contributed by atoms with E-state index in [0.717, 1.165) is 25.6 Å². The zero-order chi connectivity index (χ0) is 21.8. The number of hydrogen-bond acceptors (Lipinski definition) is 2. The largest absolute Gasteiger partial charge is 0.487 e. The van der Waals surface area contributed by atoms with E-state index in [9.17, 15) is 5.26 Å². The van der Waals surface area contributed by atoms with Gasteiger partial charge in [0.2, 0.25) is 0 Å². The highest BCUT2D eigenvalue weighted by Gasteiger charge is 2.11. The summed E-state index contributed by atoms with van der Waals surface area (Å²) in [6, 6.07) is 27.9. The molecule has 0 unspecified atom stereocenters. The molecule has 0 aliphatic rings. The summed E-state index contributed by atoms with van der Waals surface area (Å²) in [4.78, 5) is 0. The summed E-state index contributed by atoms with van der Waals surface area (Å²) < 4.78 is 7.76. The quantitative estimate of drug-likeness (QED) is 0.183. The number of nitriles is 1. The SMILES string of the molecule is N#C/C(=C/c1cc(Br)c(OCc2cccc3ccccc23)c(Br)c1)c1cccc(Cl)c1. The maximum absolute atomic E-state index is 9.61. The summed E-state index contributed by atoms with van der Waals surface area (Å²) in [6.45, 7) is 0.444. The lowest BCUT2D eigenvalue weighted by Gasteiger charge is -2.13. The zero-order valence-electron chi connectivity index (χ0n) is 16.3. The molecule has 0 aliphatic carbocycles. The molecule has 5 heteroatoms. The van der Waals surface area contributed by atoms with Gasteiger partial charge in [0.05, 0.1) is 20.6 Å². The van der Waals surface area contributed by atoms with Gasteiger partial charge in [-0.05, 0) is 89.7 Å². The first-order valence-corrected chi connectivity index (χ1v) is 11.5. The summed E-state index contributed by atoms with van der Waals surface area (Å²) in [6.07, 6.45) is 1.83. The molecule has 4 aromatic carbocycles. The van der Waals surface area contributed by atoms with Crippen molar-refractivity contribution in [3.05, 3.63) is 110 Å². The molecule has 0 amide bonds. The number of benzene rings is 4. The molecular formula is C26H16Br2ClNO. The van der Waals surface area contributed by atoms with Crippen LogP contribution in [0.5, 0.6) is 5.75 Å². The highest BCUT2D eigenvalue weighted by atomic mass is 79.9. The van der Waals surface area contributed by atoms with Crippen LogP contribution in [0.2, 0.25) is 5.02 Å². The third kappa shape index (κ3) is 5.02. The molecule has 0 N–H and O–H groups in total. The van der Waals surface area contributed by atoms with Crippen LogP contribution in [-0.2, 0) is 6.61 Å². The number of halogens is 3. The Morgan fingerprint density at radius 1 is 0.935 bits per heavy atom. The van der Waals surface area contributed by atoms with Crippen molar-refractivity contribution in [2.75, 3.05) is 0 Å². The van der Waals surface area contributed by atoms with Gasteiger partial charge in [0, 0.05) is 5.02 Å². The Kier molecular flexibility index (Phi) is 6.77. The van der Waals surface area contributed by atoms with Gasteiger partial charge in [-0.2, -0.15) is 5.26 Å². The Labute approximate surface area is 203 Å². The molecule has 0 radical (unpaired) electrons. The van der Waals surface area contributed by atoms with Gasteiger partial charge in [0.15, 0.2) is 0 Å². The van der Waals surface area contributed by atoms with Crippen molar-refractivity contribution in [1.82, 2.24) is 0 Å². The van der Waals surface area contributed by atoms with Crippen LogP contribution in [-0.4, -0.2) is 0 Å². The lowest BCUT2D eigenvalue weighted by Crippen LogP contribution is -1.98. The average Bonchev–Trinajstić information content (AvgIpc) is 2.77. The minimum Gasteiger partial charge on any atom is -0.487 e. The van der Waals surface area contributed by atoms with Gasteiger partial charge in [-0.1, -0.05) is 66.2 Å². The van der Waals surface area contributed by atoms with Crippen LogP contribution < -0.4 is 4.74 Å². The second kappa shape index (κ2) is 9.70. The second-order valence-electron chi connectivity index (χ2n) is 6.92. The number of ether oxygens (including phenoxy) is 1. The lowest BCUT2D eigenvalue weighted by molar-refractivity contribution is 0.303. The Bertz CT molecular complexity index is 1310. The summed E-state index contributed by atoms with van der Waals surface area (Å²) in [5, 5.41) is 12.6. The molecule has 0 saturated heterocycles. The fourth-order valence-corrected chi connectivity index (χ4v) is 5.01. The van der Waals surface area contributed by atoms with E-state index >= 15 is 0 Å². The lowest BCUT2D eigenvalue weighted by atomic mass is 10.0. The van der Waals surface area contributed by atoms with E-state index in [2.05, 4.69) is 62.2 Å². The molecule has 4 aromatic rings. The van der Waals surface area contributed by atoms with E-state index in [1.54, 1.807) is 12.1 Å². The highest BCUT2D eigenvalue weighted by Crippen LogP contribution is 2.37. The second-order valence-corrected chi connectivity index (χ2v) is 9.07. The predicted octanol–water partition coefficient (Wildman–Crippen LogP) is 8.66. The van der Waals surface area contributed by atoms with Crippen LogP contribution in [0.4, 0.5) is 0 Å². The Hall–Kier alpha value is -2.58. The smallest absolute Gasteiger partial charge is 0.148 e. The van der Waals surface area contributed by atoms with E-state index in [4.69, 9.17) is 16.3 Å². The molecule has 0 atom stereocenters. The summed E-state index contributed by atoms with van der Waals surface area (Å²) >= 11 is 13.3. The molecule has 0 aliphatic heterocycles. The molecule has 4 rings (SSSR count). The minimum absolute atomic E-state index is 0.444. The highest BCUT2D eigenvalue weighted by molar-refractivity contribution is 9.11. The van der Waals surface area contributed by atoms with Gasteiger partial charge in [0.1, 0.15) is 12.4 Å². The molecule has 0 heterocycles. The van der Waals surface area contributed by atoms with Crippen LogP contribution in [0.3, 0.4) is 0 Å². The third-order valence-corrected chi connectivity index (χ3v) is 6.25. The van der Waals surface area contributed by atoms with Crippen LogP contribution >= 0.6 is 43.5 Å². The number of nitrogens with zero attached hydrogens (tertiary/aromatic N) is 1. The van der Waals surface area contributed by atoms with Gasteiger partial charge < -0.3 is 4.74 Å². The predicted molar refractivity (Wildman–Crippen MR) is 135 cm³/mol. The molecule has 31 heavy (non-hydrogen) atoms. The maximum Gasteiger partial charge on any atom is 0.148 e. The van der Waals surface area contributed by atoms with Crippen molar-refractivity contribution in [3.8, 4) is 11.8 Å². The van der Waals surface area contributed by atoms with E-state index in [-0.39, 0.29) is 0 Å². The van der Waals surface area contributed by atoms with Crippen molar-refractivity contribution < 1.29 is 4.74 Å². The first-order chi connectivity index (χ1) is 15.0. The number of fused-ring (bicyclic) bond motifs is 1. The first kappa shape index (κ1) is 21.6. The first-order valence-electron chi connectivity index (χ1n) is 9.51. The maximum atomic E-state index is 9.61. The molecule has 0 bridgehead atoms. The summed E-state index contributed by atoms with van der Waals surface area (Å²) in [7, 11) is 0. The number of allylic oxidation sites excluding steroid dienone is 1. The van der Waals surface area contributed by atoms with Crippen LogP contribution in [0.25, 0.3) is 22.4 Å². The van der Waals surface area contributed by atoms with Gasteiger partial charge in [0.25, 0.3) is 0 Å². The van der Waals surface area contributed by atoms with Gasteiger partial charge in [-0.25, -0.2) is 0 Å². The van der Waals surface area contributed by atoms with Crippen molar-refractivity contribution in [1.29, 1.82) is 5.26 Å². The molecule has 0 spiro atoms. The van der Waals surface area contributed by atoms with E-state index in [1.807, 2.05) is 48.5 Å². The number of hydrogen-bond donors (Lipinski definition) is 0. The normalized spacial score (nSPS) is 11.4. The average molecular weight is 554 g/mol. The van der Waals surface area contributed by atoms with Crippen LogP contribution in [0, 0.1) is 11.3 Å².